The van der Waals surface area contributed by atoms with Gasteiger partial charge in [-0.05, 0) is 28.1 Å². The van der Waals surface area contributed by atoms with Crippen LogP contribution in [0.3, 0.4) is 0 Å². The lowest BCUT2D eigenvalue weighted by molar-refractivity contribution is -0.307. The average molecular weight is 352 g/mol. The van der Waals surface area contributed by atoms with Gasteiger partial charge >= 0.3 is 0 Å². The fourth-order valence-corrected chi connectivity index (χ4v) is 2.33. The monoisotopic (exact) mass is 350 g/mol. The number of benzene rings is 1. The summed E-state index contributed by atoms with van der Waals surface area (Å²) in [5.74, 6) is -3.01. The molecule has 0 aliphatic heterocycles. The SMILES string of the molecule is O=C([O-])COc1c(Br)cc(Br)cc1C(=O)[O-]. The van der Waals surface area contributed by atoms with Gasteiger partial charge in [-0.25, -0.2) is 0 Å². The minimum absolute atomic E-state index is 0.104. The van der Waals surface area contributed by atoms with Crippen LogP contribution in [0, 0.1) is 0 Å². The molecular formula is C9H4Br2O5-2. The molecule has 7 heteroatoms. The van der Waals surface area contributed by atoms with E-state index in [9.17, 15) is 19.8 Å². The summed E-state index contributed by atoms with van der Waals surface area (Å²) in [4.78, 5) is 21.0. The maximum atomic E-state index is 10.8. The van der Waals surface area contributed by atoms with E-state index >= 15 is 0 Å². The maximum Gasteiger partial charge on any atom is 0.143 e. The van der Waals surface area contributed by atoms with Crippen LogP contribution in [0.25, 0.3) is 0 Å². The van der Waals surface area contributed by atoms with Crippen molar-refractivity contribution in [1.29, 1.82) is 0 Å². The van der Waals surface area contributed by atoms with Gasteiger partial charge in [-0.1, -0.05) is 15.9 Å². The van der Waals surface area contributed by atoms with Crippen LogP contribution in [-0.2, 0) is 4.79 Å². The van der Waals surface area contributed by atoms with Crippen LogP contribution < -0.4 is 14.9 Å². The number of carboxylic acids is 2. The number of hydrogen-bond donors (Lipinski definition) is 0. The van der Waals surface area contributed by atoms with E-state index in [-0.39, 0.29) is 11.3 Å². The highest BCUT2D eigenvalue weighted by molar-refractivity contribution is 9.11. The molecule has 16 heavy (non-hydrogen) atoms. The highest BCUT2D eigenvalue weighted by Crippen LogP contribution is 2.32. The van der Waals surface area contributed by atoms with Crippen molar-refractivity contribution in [2.75, 3.05) is 6.61 Å². The van der Waals surface area contributed by atoms with Crippen molar-refractivity contribution >= 4 is 43.8 Å². The first kappa shape index (κ1) is 13.0. The second-order valence-corrected chi connectivity index (χ2v) is 4.48. The Morgan fingerprint density at radius 2 is 1.88 bits per heavy atom. The van der Waals surface area contributed by atoms with E-state index < -0.39 is 18.5 Å². The van der Waals surface area contributed by atoms with Crippen LogP contribution >= 0.6 is 31.9 Å². The van der Waals surface area contributed by atoms with Gasteiger partial charge in [-0.2, -0.15) is 0 Å². The number of halogens is 2. The second kappa shape index (κ2) is 5.31. The quantitative estimate of drug-likeness (QED) is 0.743. The molecule has 1 aromatic carbocycles. The van der Waals surface area contributed by atoms with E-state index in [0.29, 0.717) is 8.95 Å². The summed E-state index contributed by atoms with van der Waals surface area (Å²) in [7, 11) is 0. The van der Waals surface area contributed by atoms with Gasteiger partial charge in [0.25, 0.3) is 0 Å². The average Bonchev–Trinajstić information content (AvgIpc) is 2.14. The summed E-state index contributed by atoms with van der Waals surface area (Å²) in [5.41, 5.74) is -0.248. The molecule has 0 bridgehead atoms. The molecule has 1 aromatic rings. The van der Waals surface area contributed by atoms with Crippen molar-refractivity contribution < 1.29 is 24.5 Å². The zero-order chi connectivity index (χ0) is 12.3. The highest BCUT2D eigenvalue weighted by atomic mass is 79.9. The van der Waals surface area contributed by atoms with Crippen LogP contribution in [0.1, 0.15) is 10.4 Å². The number of ether oxygens (including phenoxy) is 1. The molecule has 0 unspecified atom stereocenters. The lowest BCUT2D eigenvalue weighted by Crippen LogP contribution is -2.30. The fourth-order valence-electron chi connectivity index (χ4n) is 0.990. The molecule has 0 heterocycles. The Bertz CT molecular complexity index is 444. The number of aromatic carboxylic acids is 1. The van der Waals surface area contributed by atoms with Crippen LogP contribution in [0.2, 0.25) is 0 Å². The predicted octanol–water partition coefficient (Wildman–Crippen LogP) is -0.296. The van der Waals surface area contributed by atoms with Gasteiger partial charge in [0.2, 0.25) is 0 Å². The molecule has 0 spiro atoms. The Morgan fingerprint density at radius 3 is 2.38 bits per heavy atom. The number of hydrogen-bond acceptors (Lipinski definition) is 5. The molecule has 0 radical (unpaired) electrons. The highest BCUT2D eigenvalue weighted by Gasteiger charge is 2.11. The van der Waals surface area contributed by atoms with Crippen LogP contribution in [0.5, 0.6) is 5.75 Å². The van der Waals surface area contributed by atoms with E-state index in [2.05, 4.69) is 31.9 Å². The van der Waals surface area contributed by atoms with E-state index in [1.54, 1.807) is 0 Å². The Balaban J connectivity index is 3.14. The van der Waals surface area contributed by atoms with Gasteiger partial charge in [0.1, 0.15) is 12.4 Å². The van der Waals surface area contributed by atoms with Crippen LogP contribution in [0.15, 0.2) is 21.1 Å². The van der Waals surface area contributed by atoms with Gasteiger partial charge in [0, 0.05) is 10.0 Å². The number of carbonyl (C=O) groups excluding carboxylic acids is 2. The van der Waals surface area contributed by atoms with Crippen molar-refractivity contribution in [3.8, 4) is 5.75 Å². The third-order valence-electron chi connectivity index (χ3n) is 1.56. The minimum atomic E-state index is -1.46. The van der Waals surface area contributed by atoms with Crippen molar-refractivity contribution in [3.63, 3.8) is 0 Å². The van der Waals surface area contributed by atoms with E-state index in [1.807, 2.05) is 0 Å². The zero-order valence-electron chi connectivity index (χ0n) is 7.66. The van der Waals surface area contributed by atoms with Crippen molar-refractivity contribution in [2.24, 2.45) is 0 Å². The molecule has 0 atom stereocenters. The van der Waals surface area contributed by atoms with Gasteiger partial charge in [-0.15, -0.1) is 0 Å². The lowest BCUT2D eigenvalue weighted by Gasteiger charge is -2.14. The number of carboxylic acid groups (broad SMARTS) is 2. The molecule has 86 valence electrons. The van der Waals surface area contributed by atoms with Crippen molar-refractivity contribution in [3.05, 3.63) is 26.6 Å². The summed E-state index contributed by atoms with van der Waals surface area (Å²) in [6, 6.07) is 2.78. The number of aliphatic carboxylic acids is 1. The van der Waals surface area contributed by atoms with Gasteiger partial charge in [-0.3, -0.25) is 0 Å². The van der Waals surface area contributed by atoms with Crippen LogP contribution in [-0.4, -0.2) is 18.5 Å². The topological polar surface area (TPSA) is 89.5 Å². The molecule has 0 N–H and O–H groups in total. The molecular weight excluding hydrogens is 348 g/mol. The molecule has 1 rings (SSSR count). The first-order valence-electron chi connectivity index (χ1n) is 3.95. The minimum Gasteiger partial charge on any atom is -0.546 e. The predicted molar refractivity (Wildman–Crippen MR) is 56.7 cm³/mol. The largest absolute Gasteiger partial charge is 0.546 e. The smallest absolute Gasteiger partial charge is 0.143 e. The molecule has 0 fully saturated rings. The van der Waals surface area contributed by atoms with Gasteiger partial charge in [0.15, 0.2) is 0 Å². The van der Waals surface area contributed by atoms with Gasteiger partial charge in [0.05, 0.1) is 16.4 Å². The molecule has 0 saturated carbocycles. The zero-order valence-corrected chi connectivity index (χ0v) is 10.8. The molecule has 0 saturated heterocycles. The first-order chi connectivity index (χ1) is 7.41. The normalized spacial score (nSPS) is 9.88. The van der Waals surface area contributed by atoms with E-state index in [0.717, 1.165) is 0 Å². The Morgan fingerprint density at radius 1 is 1.25 bits per heavy atom. The fraction of sp³-hybridized carbons (Fsp3) is 0.111. The summed E-state index contributed by atoms with van der Waals surface area (Å²) in [5, 5.41) is 21.0. The number of carbonyl (C=O) groups is 2. The summed E-state index contributed by atoms with van der Waals surface area (Å²) >= 11 is 6.15. The van der Waals surface area contributed by atoms with Crippen molar-refractivity contribution in [2.45, 2.75) is 0 Å². The van der Waals surface area contributed by atoms with Crippen LogP contribution in [0.4, 0.5) is 0 Å². The molecule has 0 aliphatic rings. The Hall–Kier alpha value is -1.08. The third-order valence-corrected chi connectivity index (χ3v) is 2.61. The molecule has 5 nitrogen and oxygen atoms in total. The van der Waals surface area contributed by atoms with E-state index in [4.69, 9.17) is 4.74 Å². The Kier molecular flexibility index (Phi) is 4.31. The number of rotatable bonds is 4. The molecule has 0 aliphatic carbocycles. The summed E-state index contributed by atoms with van der Waals surface area (Å²) in [6.45, 7) is -0.736. The second-order valence-electron chi connectivity index (χ2n) is 2.71. The van der Waals surface area contributed by atoms with Gasteiger partial charge < -0.3 is 24.5 Å². The Labute approximate surface area is 107 Å². The molecule has 0 aromatic heterocycles. The first-order valence-corrected chi connectivity index (χ1v) is 5.53. The maximum absolute atomic E-state index is 10.8. The standard InChI is InChI=1S/C9H6Br2O5/c10-4-1-5(9(14)15)8(6(11)2-4)16-3-7(12)13/h1-2H,3H2,(H,12,13)(H,14,15)/p-2. The summed E-state index contributed by atoms with van der Waals surface area (Å²) < 4.78 is 5.60. The third kappa shape index (κ3) is 3.21. The van der Waals surface area contributed by atoms with E-state index in [1.165, 1.54) is 12.1 Å². The molecule has 0 amide bonds. The van der Waals surface area contributed by atoms with Crippen molar-refractivity contribution in [1.82, 2.24) is 0 Å². The summed E-state index contributed by atoms with van der Waals surface area (Å²) in [6.07, 6.45) is 0. The lowest BCUT2D eigenvalue weighted by atomic mass is 10.2.